The molecule has 0 bridgehead atoms. The van der Waals surface area contributed by atoms with E-state index in [9.17, 15) is 4.79 Å². The van der Waals surface area contributed by atoms with Crippen molar-refractivity contribution in [2.75, 3.05) is 26.9 Å². The maximum Gasteiger partial charge on any atom is 0.236 e. The summed E-state index contributed by atoms with van der Waals surface area (Å²) in [6, 6.07) is 5.77. The van der Waals surface area contributed by atoms with Gasteiger partial charge in [0.15, 0.2) is 11.5 Å². The first-order valence-electron chi connectivity index (χ1n) is 6.05. The number of rotatable bonds is 5. The summed E-state index contributed by atoms with van der Waals surface area (Å²) < 4.78 is 10.6. The van der Waals surface area contributed by atoms with Crippen molar-refractivity contribution in [2.45, 2.75) is 13.5 Å². The van der Waals surface area contributed by atoms with Crippen LogP contribution in [0.3, 0.4) is 0 Å². The lowest BCUT2D eigenvalue weighted by Crippen LogP contribution is -2.36. The molecule has 1 aromatic rings. The van der Waals surface area contributed by atoms with Crippen molar-refractivity contribution in [1.29, 1.82) is 0 Å². The number of nitrogens with zero attached hydrogens (tertiary/aromatic N) is 1. The van der Waals surface area contributed by atoms with Crippen molar-refractivity contribution in [2.24, 2.45) is 0 Å². The van der Waals surface area contributed by atoms with Gasteiger partial charge in [-0.3, -0.25) is 4.79 Å². The topological polar surface area (TPSA) is 50.8 Å². The van der Waals surface area contributed by atoms with Crippen LogP contribution in [0.25, 0.3) is 0 Å². The molecule has 0 atom stereocenters. The number of likely N-dealkylation sites (N-methyl/N-ethyl adjacent to an activating group) is 2. The Morgan fingerprint density at radius 2 is 2.11 bits per heavy atom. The van der Waals surface area contributed by atoms with Crippen LogP contribution in [-0.4, -0.2) is 37.7 Å². The van der Waals surface area contributed by atoms with Crippen molar-refractivity contribution in [3.8, 4) is 11.5 Å². The number of hydrogen-bond donors (Lipinski definition) is 1. The molecule has 6 heteroatoms. The van der Waals surface area contributed by atoms with Crippen LogP contribution in [0.2, 0.25) is 0 Å². The smallest absolute Gasteiger partial charge is 0.236 e. The average molecular weight is 287 g/mol. The highest BCUT2D eigenvalue weighted by Crippen LogP contribution is 2.32. The van der Waals surface area contributed by atoms with Gasteiger partial charge in [0.25, 0.3) is 0 Å². The fourth-order valence-electron chi connectivity index (χ4n) is 1.90. The normalized spacial score (nSPS) is 11.9. The zero-order chi connectivity index (χ0) is 13.0. The van der Waals surface area contributed by atoms with Gasteiger partial charge < -0.3 is 19.7 Å². The first-order chi connectivity index (χ1) is 8.74. The standard InChI is InChI=1S/C13H18N2O3.ClH/c1-3-15(13(16)7-14-2)8-10-4-5-11-12(6-10)18-9-17-11;/h4-6,14H,3,7-9H2,1-2H3;1H. The lowest BCUT2D eigenvalue weighted by Gasteiger charge is -2.21. The highest BCUT2D eigenvalue weighted by molar-refractivity contribution is 5.85. The van der Waals surface area contributed by atoms with Crippen LogP contribution in [0.15, 0.2) is 18.2 Å². The van der Waals surface area contributed by atoms with Crippen LogP contribution < -0.4 is 14.8 Å². The molecule has 1 amide bonds. The molecule has 0 aromatic heterocycles. The van der Waals surface area contributed by atoms with E-state index in [0.717, 1.165) is 17.1 Å². The number of benzene rings is 1. The van der Waals surface area contributed by atoms with E-state index in [1.165, 1.54) is 0 Å². The molecule has 0 aliphatic carbocycles. The molecule has 0 spiro atoms. The van der Waals surface area contributed by atoms with Crippen LogP contribution in [0.1, 0.15) is 12.5 Å². The first-order valence-corrected chi connectivity index (χ1v) is 6.05. The number of carbonyl (C=O) groups excluding carboxylic acids is 1. The molecule has 0 saturated carbocycles. The number of ether oxygens (including phenoxy) is 2. The van der Waals surface area contributed by atoms with Gasteiger partial charge in [0, 0.05) is 13.1 Å². The minimum atomic E-state index is 0. The second-order valence-corrected chi connectivity index (χ2v) is 4.13. The molecule has 1 aromatic carbocycles. The molecule has 0 unspecified atom stereocenters. The zero-order valence-electron chi connectivity index (χ0n) is 11.1. The van der Waals surface area contributed by atoms with Crippen molar-refractivity contribution in [3.63, 3.8) is 0 Å². The van der Waals surface area contributed by atoms with Gasteiger partial charge in [-0.1, -0.05) is 6.07 Å². The highest BCUT2D eigenvalue weighted by Gasteiger charge is 2.16. The Morgan fingerprint density at radius 3 is 2.79 bits per heavy atom. The number of carbonyl (C=O) groups is 1. The number of fused-ring (bicyclic) bond motifs is 1. The Kier molecular flexibility index (Phi) is 5.92. The summed E-state index contributed by atoms with van der Waals surface area (Å²) in [5.74, 6) is 1.62. The summed E-state index contributed by atoms with van der Waals surface area (Å²) in [5, 5.41) is 2.87. The first kappa shape index (κ1) is 15.6. The maximum absolute atomic E-state index is 11.8. The molecule has 5 nitrogen and oxygen atoms in total. The molecule has 0 fully saturated rings. The lowest BCUT2D eigenvalue weighted by atomic mass is 10.2. The van der Waals surface area contributed by atoms with Crippen LogP contribution >= 0.6 is 12.4 Å². The largest absolute Gasteiger partial charge is 0.454 e. The van der Waals surface area contributed by atoms with Gasteiger partial charge in [0.2, 0.25) is 12.7 Å². The van der Waals surface area contributed by atoms with E-state index in [4.69, 9.17) is 9.47 Å². The van der Waals surface area contributed by atoms with Crippen LogP contribution in [0.5, 0.6) is 11.5 Å². The van der Waals surface area contributed by atoms with E-state index >= 15 is 0 Å². The Morgan fingerprint density at radius 1 is 1.37 bits per heavy atom. The minimum absolute atomic E-state index is 0. The number of halogens is 1. The minimum Gasteiger partial charge on any atom is -0.454 e. The zero-order valence-corrected chi connectivity index (χ0v) is 12.0. The Hall–Kier alpha value is -1.46. The van der Waals surface area contributed by atoms with E-state index in [1.54, 1.807) is 11.9 Å². The Labute approximate surface area is 119 Å². The summed E-state index contributed by atoms with van der Waals surface area (Å²) in [6.45, 7) is 3.89. The third-order valence-electron chi connectivity index (χ3n) is 2.87. The van der Waals surface area contributed by atoms with Crippen LogP contribution in [0, 0.1) is 0 Å². The molecular weight excluding hydrogens is 268 g/mol. The molecule has 1 N–H and O–H groups in total. The molecule has 1 aliphatic rings. The van der Waals surface area contributed by atoms with Crippen LogP contribution in [0.4, 0.5) is 0 Å². The maximum atomic E-state index is 11.8. The van der Waals surface area contributed by atoms with Gasteiger partial charge in [-0.15, -0.1) is 12.4 Å². The number of hydrogen-bond acceptors (Lipinski definition) is 4. The van der Waals surface area contributed by atoms with Gasteiger partial charge in [-0.2, -0.15) is 0 Å². The van der Waals surface area contributed by atoms with E-state index in [0.29, 0.717) is 19.6 Å². The second kappa shape index (κ2) is 7.21. The summed E-state index contributed by atoms with van der Waals surface area (Å²) >= 11 is 0. The van der Waals surface area contributed by atoms with Crippen molar-refractivity contribution in [3.05, 3.63) is 23.8 Å². The van der Waals surface area contributed by atoms with Crippen molar-refractivity contribution in [1.82, 2.24) is 10.2 Å². The predicted molar refractivity (Wildman–Crippen MR) is 74.8 cm³/mol. The van der Waals surface area contributed by atoms with E-state index in [-0.39, 0.29) is 25.1 Å². The quantitative estimate of drug-likeness (QED) is 0.889. The third kappa shape index (κ3) is 3.75. The Bertz CT molecular complexity index is 440. The van der Waals surface area contributed by atoms with Gasteiger partial charge in [0.05, 0.1) is 6.54 Å². The second-order valence-electron chi connectivity index (χ2n) is 4.13. The molecule has 1 aliphatic heterocycles. The molecule has 0 saturated heterocycles. The van der Waals surface area contributed by atoms with Gasteiger partial charge in [-0.05, 0) is 31.7 Å². The molecular formula is C13H19ClN2O3. The highest BCUT2D eigenvalue weighted by atomic mass is 35.5. The number of nitrogens with one attached hydrogen (secondary N) is 1. The molecule has 19 heavy (non-hydrogen) atoms. The fraction of sp³-hybridized carbons (Fsp3) is 0.462. The predicted octanol–water partition coefficient (Wildman–Crippen LogP) is 1.40. The summed E-state index contributed by atoms with van der Waals surface area (Å²) in [6.07, 6.45) is 0. The lowest BCUT2D eigenvalue weighted by molar-refractivity contribution is -0.130. The van der Waals surface area contributed by atoms with Gasteiger partial charge in [0.1, 0.15) is 0 Å². The van der Waals surface area contributed by atoms with Crippen LogP contribution in [-0.2, 0) is 11.3 Å². The Balaban J connectivity index is 0.00000180. The third-order valence-corrected chi connectivity index (χ3v) is 2.87. The molecule has 1 heterocycles. The van der Waals surface area contributed by atoms with E-state index < -0.39 is 0 Å². The average Bonchev–Trinajstić information content (AvgIpc) is 2.83. The molecule has 2 rings (SSSR count). The fourth-order valence-corrected chi connectivity index (χ4v) is 1.90. The SMILES string of the molecule is CCN(Cc1ccc2c(c1)OCO2)C(=O)CNC.Cl. The molecule has 106 valence electrons. The van der Waals surface area contributed by atoms with Crippen molar-refractivity contribution >= 4 is 18.3 Å². The summed E-state index contributed by atoms with van der Waals surface area (Å²) in [4.78, 5) is 13.6. The summed E-state index contributed by atoms with van der Waals surface area (Å²) in [5.41, 5.74) is 1.05. The van der Waals surface area contributed by atoms with E-state index in [2.05, 4.69) is 5.32 Å². The number of amides is 1. The summed E-state index contributed by atoms with van der Waals surface area (Å²) in [7, 11) is 1.77. The van der Waals surface area contributed by atoms with Gasteiger partial charge in [-0.25, -0.2) is 0 Å². The molecule has 0 radical (unpaired) electrons. The van der Waals surface area contributed by atoms with Gasteiger partial charge >= 0.3 is 0 Å². The van der Waals surface area contributed by atoms with E-state index in [1.807, 2.05) is 25.1 Å². The van der Waals surface area contributed by atoms with Crippen molar-refractivity contribution < 1.29 is 14.3 Å². The monoisotopic (exact) mass is 286 g/mol.